The van der Waals surface area contributed by atoms with Crippen molar-refractivity contribution < 1.29 is 23.7 Å². The molecule has 7 nitrogen and oxygen atoms in total. The van der Waals surface area contributed by atoms with Crippen LogP contribution in [0.4, 0.5) is 0 Å². The Morgan fingerprint density at radius 1 is 1.04 bits per heavy atom. The average molecular weight is 352 g/mol. The van der Waals surface area contributed by atoms with E-state index in [1.807, 2.05) is 18.2 Å². The molecule has 1 amide bonds. The first-order valence-electron chi connectivity index (χ1n) is 7.92. The van der Waals surface area contributed by atoms with E-state index in [0.29, 0.717) is 34.5 Å². The second-order valence-electron chi connectivity index (χ2n) is 5.63. The number of nitrogens with one attached hydrogen (secondary N) is 1. The lowest BCUT2D eigenvalue weighted by molar-refractivity contribution is -0.115. The SMILES string of the molecule is COc1ccc(C2=N/C(=C/c3ccc4c(c3)OCO4)C(=O)N2)cc1OC. The Labute approximate surface area is 149 Å². The van der Waals surface area contributed by atoms with Gasteiger partial charge in [-0.05, 0) is 42.0 Å². The van der Waals surface area contributed by atoms with Crippen LogP contribution in [0.3, 0.4) is 0 Å². The summed E-state index contributed by atoms with van der Waals surface area (Å²) in [6.45, 7) is 0.206. The molecule has 132 valence electrons. The molecule has 2 aliphatic rings. The molecular formula is C19H16N2O5. The van der Waals surface area contributed by atoms with E-state index in [9.17, 15) is 4.79 Å². The van der Waals surface area contributed by atoms with Crippen molar-refractivity contribution in [2.24, 2.45) is 4.99 Å². The zero-order valence-corrected chi connectivity index (χ0v) is 14.2. The number of ether oxygens (including phenoxy) is 4. The highest BCUT2D eigenvalue weighted by molar-refractivity contribution is 6.19. The molecule has 0 aromatic heterocycles. The number of carbonyl (C=O) groups is 1. The van der Waals surface area contributed by atoms with Gasteiger partial charge in [0.05, 0.1) is 14.2 Å². The lowest BCUT2D eigenvalue weighted by Crippen LogP contribution is -2.24. The predicted molar refractivity (Wildman–Crippen MR) is 94.8 cm³/mol. The Morgan fingerprint density at radius 2 is 1.85 bits per heavy atom. The highest BCUT2D eigenvalue weighted by atomic mass is 16.7. The van der Waals surface area contributed by atoms with Crippen LogP contribution in [0.1, 0.15) is 11.1 Å². The quantitative estimate of drug-likeness (QED) is 0.855. The summed E-state index contributed by atoms with van der Waals surface area (Å²) in [5.41, 5.74) is 1.84. The van der Waals surface area contributed by atoms with Gasteiger partial charge >= 0.3 is 0 Å². The fourth-order valence-corrected chi connectivity index (χ4v) is 2.75. The summed E-state index contributed by atoms with van der Waals surface area (Å²) >= 11 is 0. The van der Waals surface area contributed by atoms with Crippen LogP contribution in [-0.2, 0) is 4.79 Å². The number of nitrogens with zero attached hydrogens (tertiary/aromatic N) is 1. The molecule has 2 aliphatic heterocycles. The molecule has 26 heavy (non-hydrogen) atoms. The van der Waals surface area contributed by atoms with E-state index < -0.39 is 0 Å². The van der Waals surface area contributed by atoms with Gasteiger partial charge in [0.1, 0.15) is 11.5 Å². The van der Waals surface area contributed by atoms with E-state index >= 15 is 0 Å². The third kappa shape index (κ3) is 2.83. The molecule has 0 bridgehead atoms. The number of aliphatic imine (C=N–C) groups is 1. The lowest BCUT2D eigenvalue weighted by atomic mass is 10.1. The number of benzene rings is 2. The summed E-state index contributed by atoms with van der Waals surface area (Å²) in [5.74, 6) is 2.71. The van der Waals surface area contributed by atoms with Gasteiger partial charge in [0, 0.05) is 5.56 Å². The van der Waals surface area contributed by atoms with Crippen LogP contribution >= 0.6 is 0 Å². The Bertz CT molecular complexity index is 949. The Morgan fingerprint density at radius 3 is 2.65 bits per heavy atom. The number of hydrogen-bond donors (Lipinski definition) is 1. The Hall–Kier alpha value is -3.48. The minimum Gasteiger partial charge on any atom is -0.493 e. The van der Waals surface area contributed by atoms with Crippen molar-refractivity contribution in [2.75, 3.05) is 21.0 Å². The smallest absolute Gasteiger partial charge is 0.275 e. The molecule has 0 fully saturated rings. The number of methoxy groups -OCH3 is 2. The third-order valence-electron chi connectivity index (χ3n) is 4.05. The van der Waals surface area contributed by atoms with Crippen LogP contribution in [0.15, 0.2) is 47.1 Å². The highest BCUT2D eigenvalue weighted by Crippen LogP contribution is 2.33. The second kappa shape index (κ2) is 6.44. The molecule has 7 heteroatoms. The first-order chi connectivity index (χ1) is 12.7. The number of amidine groups is 1. The Kier molecular flexibility index (Phi) is 3.96. The molecule has 0 saturated heterocycles. The number of amides is 1. The monoisotopic (exact) mass is 352 g/mol. The minimum absolute atomic E-state index is 0.206. The Balaban J connectivity index is 1.65. The van der Waals surface area contributed by atoms with Crippen molar-refractivity contribution in [1.82, 2.24) is 5.32 Å². The maximum absolute atomic E-state index is 12.3. The van der Waals surface area contributed by atoms with Gasteiger partial charge in [-0.25, -0.2) is 4.99 Å². The van der Waals surface area contributed by atoms with E-state index in [0.717, 1.165) is 11.1 Å². The molecule has 0 aliphatic carbocycles. The molecule has 0 spiro atoms. The summed E-state index contributed by atoms with van der Waals surface area (Å²) in [7, 11) is 3.13. The van der Waals surface area contributed by atoms with Gasteiger partial charge in [-0.3, -0.25) is 4.79 Å². The van der Waals surface area contributed by atoms with Gasteiger partial charge in [0.25, 0.3) is 5.91 Å². The standard InChI is InChI=1S/C19H16N2O5/c1-23-14-6-4-12(9-16(14)24-2)18-20-13(19(22)21-18)7-11-3-5-15-17(8-11)26-10-25-15/h3-9H,10H2,1-2H3,(H,20,21,22)/b13-7+. The van der Waals surface area contributed by atoms with Crippen molar-refractivity contribution in [2.45, 2.75) is 0 Å². The maximum Gasteiger partial charge on any atom is 0.275 e. The average Bonchev–Trinajstić information content (AvgIpc) is 3.27. The molecule has 2 heterocycles. The first-order valence-corrected chi connectivity index (χ1v) is 7.92. The maximum atomic E-state index is 12.3. The zero-order chi connectivity index (χ0) is 18.1. The highest BCUT2D eigenvalue weighted by Gasteiger charge is 2.22. The van der Waals surface area contributed by atoms with Gasteiger partial charge in [-0.2, -0.15) is 0 Å². The predicted octanol–water partition coefficient (Wildman–Crippen LogP) is 2.35. The fraction of sp³-hybridized carbons (Fsp3) is 0.158. The van der Waals surface area contributed by atoms with Gasteiger partial charge < -0.3 is 24.3 Å². The van der Waals surface area contributed by atoms with Crippen molar-refractivity contribution in [3.05, 3.63) is 53.2 Å². The molecule has 4 rings (SSSR count). The van der Waals surface area contributed by atoms with Crippen molar-refractivity contribution in [3.8, 4) is 23.0 Å². The third-order valence-corrected chi connectivity index (χ3v) is 4.05. The van der Waals surface area contributed by atoms with Crippen molar-refractivity contribution in [3.63, 3.8) is 0 Å². The molecule has 0 unspecified atom stereocenters. The topological polar surface area (TPSA) is 78.4 Å². The molecule has 1 N–H and O–H groups in total. The van der Waals surface area contributed by atoms with Gasteiger partial charge in [0.15, 0.2) is 23.0 Å². The van der Waals surface area contributed by atoms with Gasteiger partial charge in [-0.15, -0.1) is 0 Å². The lowest BCUT2D eigenvalue weighted by Gasteiger charge is -2.09. The second-order valence-corrected chi connectivity index (χ2v) is 5.63. The van der Waals surface area contributed by atoms with Gasteiger partial charge in [0.2, 0.25) is 6.79 Å². The molecular weight excluding hydrogens is 336 g/mol. The summed E-state index contributed by atoms with van der Waals surface area (Å²) in [6.07, 6.45) is 1.70. The normalized spacial score (nSPS) is 16.5. The van der Waals surface area contributed by atoms with E-state index in [1.54, 1.807) is 38.5 Å². The van der Waals surface area contributed by atoms with Crippen LogP contribution < -0.4 is 24.3 Å². The van der Waals surface area contributed by atoms with E-state index in [-0.39, 0.29) is 12.7 Å². The summed E-state index contributed by atoms with van der Waals surface area (Å²) in [6, 6.07) is 10.8. The number of carbonyl (C=O) groups excluding carboxylic acids is 1. The van der Waals surface area contributed by atoms with E-state index in [4.69, 9.17) is 18.9 Å². The van der Waals surface area contributed by atoms with Crippen LogP contribution in [0.2, 0.25) is 0 Å². The van der Waals surface area contributed by atoms with Gasteiger partial charge in [-0.1, -0.05) is 6.07 Å². The molecule has 2 aromatic rings. The van der Waals surface area contributed by atoms with Crippen LogP contribution in [-0.4, -0.2) is 32.8 Å². The molecule has 0 atom stereocenters. The summed E-state index contributed by atoms with van der Waals surface area (Å²) in [4.78, 5) is 16.7. The molecule has 2 aromatic carbocycles. The van der Waals surface area contributed by atoms with Crippen LogP contribution in [0, 0.1) is 0 Å². The minimum atomic E-state index is -0.271. The summed E-state index contributed by atoms with van der Waals surface area (Å²) < 4.78 is 21.2. The number of rotatable bonds is 4. The van der Waals surface area contributed by atoms with E-state index in [2.05, 4.69) is 10.3 Å². The molecule has 0 radical (unpaired) electrons. The summed E-state index contributed by atoms with van der Waals surface area (Å²) in [5, 5.41) is 2.77. The zero-order valence-electron chi connectivity index (χ0n) is 14.2. The van der Waals surface area contributed by atoms with E-state index in [1.165, 1.54) is 0 Å². The van der Waals surface area contributed by atoms with Crippen LogP contribution in [0.25, 0.3) is 6.08 Å². The van der Waals surface area contributed by atoms with Crippen molar-refractivity contribution in [1.29, 1.82) is 0 Å². The number of hydrogen-bond acceptors (Lipinski definition) is 6. The largest absolute Gasteiger partial charge is 0.493 e. The van der Waals surface area contributed by atoms with Crippen LogP contribution in [0.5, 0.6) is 23.0 Å². The number of fused-ring (bicyclic) bond motifs is 1. The first kappa shape index (κ1) is 16.0. The molecule has 0 saturated carbocycles. The van der Waals surface area contributed by atoms with Crippen molar-refractivity contribution >= 4 is 17.8 Å². The fourth-order valence-electron chi connectivity index (χ4n) is 2.75.